The fraction of sp³-hybridized carbons (Fsp3) is 0.156. The smallest absolute Gasteiger partial charge is 0.272 e. The Morgan fingerprint density at radius 2 is 1.15 bits per heavy atom. The number of hydrogen-bond donors (Lipinski definition) is 0. The van der Waals surface area contributed by atoms with Crippen molar-refractivity contribution in [3.05, 3.63) is 139 Å². The number of carbonyl (C=O) groups excluding carboxylic acids is 3. The standard InChI is InChI=1S/C32H21Cl3N2O3/c33-19-12-9-17(10-13-19)30(38)36(16-18-11-14-20(34)15-25(18)35)37-31(39)28-26-21-5-1-2-6-22(21)27(29(28)32(37)40)24-8-4-3-7-23(24)26/h1-15,26-29H,16H2/t26?,27?,28-,29+. The highest BCUT2D eigenvalue weighted by Gasteiger charge is 2.63. The molecule has 4 aromatic rings. The Balaban J connectivity index is 1.35. The molecule has 2 bridgehead atoms. The van der Waals surface area contributed by atoms with Gasteiger partial charge in [-0.25, -0.2) is 5.01 Å². The van der Waals surface area contributed by atoms with Crippen molar-refractivity contribution in [2.45, 2.75) is 18.4 Å². The van der Waals surface area contributed by atoms with Gasteiger partial charge in [-0.15, -0.1) is 0 Å². The Hall–Kier alpha value is -3.64. The molecule has 1 aliphatic heterocycles. The van der Waals surface area contributed by atoms with Crippen LogP contribution in [-0.2, 0) is 16.1 Å². The lowest BCUT2D eigenvalue weighted by Crippen LogP contribution is -2.50. The molecule has 198 valence electrons. The first-order chi connectivity index (χ1) is 19.3. The van der Waals surface area contributed by atoms with Crippen molar-refractivity contribution in [2.24, 2.45) is 11.8 Å². The van der Waals surface area contributed by atoms with E-state index in [1.54, 1.807) is 42.5 Å². The van der Waals surface area contributed by atoms with Gasteiger partial charge in [-0.2, -0.15) is 5.01 Å². The summed E-state index contributed by atoms with van der Waals surface area (Å²) in [5.41, 5.74) is 5.09. The summed E-state index contributed by atoms with van der Waals surface area (Å²) in [4.78, 5) is 42.7. The molecular weight excluding hydrogens is 567 g/mol. The number of benzene rings is 4. The third-order valence-corrected chi connectivity index (χ3v) is 9.17. The van der Waals surface area contributed by atoms with E-state index in [9.17, 15) is 14.4 Å². The normalized spacial score (nSPS) is 22.1. The average Bonchev–Trinajstić information content (AvgIpc) is 3.23. The highest BCUT2D eigenvalue weighted by Crippen LogP contribution is 2.61. The molecule has 0 spiro atoms. The summed E-state index contributed by atoms with van der Waals surface area (Å²) in [5, 5.41) is 3.52. The second-order valence-electron chi connectivity index (χ2n) is 10.4. The molecule has 3 aliphatic carbocycles. The van der Waals surface area contributed by atoms with E-state index in [0.717, 1.165) is 27.3 Å². The van der Waals surface area contributed by atoms with Gasteiger partial charge in [-0.3, -0.25) is 14.4 Å². The van der Waals surface area contributed by atoms with Crippen LogP contribution in [0.15, 0.2) is 91.0 Å². The molecule has 1 saturated heterocycles. The van der Waals surface area contributed by atoms with Gasteiger partial charge in [0.2, 0.25) is 0 Å². The first kappa shape index (κ1) is 25.3. The van der Waals surface area contributed by atoms with E-state index < -0.39 is 17.7 Å². The number of hydrogen-bond acceptors (Lipinski definition) is 3. The van der Waals surface area contributed by atoms with Crippen LogP contribution in [0.5, 0.6) is 0 Å². The van der Waals surface area contributed by atoms with Gasteiger partial charge in [-0.05, 0) is 64.2 Å². The fourth-order valence-corrected chi connectivity index (χ4v) is 7.28. The van der Waals surface area contributed by atoms with Crippen molar-refractivity contribution in [3.8, 4) is 0 Å². The van der Waals surface area contributed by atoms with Crippen molar-refractivity contribution < 1.29 is 14.4 Å². The molecule has 1 heterocycles. The van der Waals surface area contributed by atoms with Gasteiger partial charge in [0.25, 0.3) is 17.7 Å². The number of carbonyl (C=O) groups is 3. The monoisotopic (exact) mass is 586 g/mol. The van der Waals surface area contributed by atoms with Gasteiger partial charge in [0.1, 0.15) is 0 Å². The third-order valence-electron chi connectivity index (χ3n) is 8.33. The predicted molar refractivity (Wildman–Crippen MR) is 153 cm³/mol. The van der Waals surface area contributed by atoms with E-state index in [1.807, 2.05) is 48.5 Å². The van der Waals surface area contributed by atoms with Gasteiger partial charge in [0.05, 0.1) is 18.4 Å². The predicted octanol–water partition coefficient (Wildman–Crippen LogP) is 7.10. The molecule has 0 radical (unpaired) electrons. The van der Waals surface area contributed by atoms with Crippen LogP contribution in [-0.4, -0.2) is 27.7 Å². The largest absolute Gasteiger partial charge is 0.273 e. The lowest BCUT2D eigenvalue weighted by atomic mass is 9.55. The van der Waals surface area contributed by atoms with Gasteiger partial charge < -0.3 is 0 Å². The minimum atomic E-state index is -0.622. The fourth-order valence-electron chi connectivity index (χ4n) is 6.69. The van der Waals surface area contributed by atoms with Crippen molar-refractivity contribution in [1.82, 2.24) is 10.0 Å². The molecule has 8 heteroatoms. The molecule has 1 fully saturated rings. The van der Waals surface area contributed by atoms with Crippen LogP contribution < -0.4 is 0 Å². The third kappa shape index (κ3) is 3.72. The minimum Gasteiger partial charge on any atom is -0.272 e. The highest BCUT2D eigenvalue weighted by atomic mass is 35.5. The number of imide groups is 1. The Morgan fingerprint density at radius 3 is 1.62 bits per heavy atom. The van der Waals surface area contributed by atoms with Crippen LogP contribution in [0.2, 0.25) is 15.1 Å². The van der Waals surface area contributed by atoms with Crippen LogP contribution >= 0.6 is 34.8 Å². The maximum atomic E-state index is 14.4. The summed E-state index contributed by atoms with van der Waals surface area (Å²) in [6.07, 6.45) is 0. The van der Waals surface area contributed by atoms with Crippen LogP contribution in [0, 0.1) is 11.8 Å². The molecule has 0 unspecified atom stereocenters. The van der Waals surface area contributed by atoms with Crippen LogP contribution in [0.3, 0.4) is 0 Å². The summed E-state index contributed by atoms with van der Waals surface area (Å²) in [5.74, 6) is -3.09. The lowest BCUT2D eigenvalue weighted by Gasteiger charge is -2.45. The van der Waals surface area contributed by atoms with Crippen molar-refractivity contribution in [2.75, 3.05) is 0 Å². The number of halogens is 3. The van der Waals surface area contributed by atoms with Crippen LogP contribution in [0.1, 0.15) is 50.0 Å². The van der Waals surface area contributed by atoms with Crippen molar-refractivity contribution >= 4 is 52.5 Å². The molecular formula is C32H21Cl3N2O3. The summed E-state index contributed by atoms with van der Waals surface area (Å²) in [6.45, 7) is -0.0936. The topological polar surface area (TPSA) is 57.7 Å². The molecule has 3 amide bonds. The minimum absolute atomic E-state index is 0.0936. The Kier molecular flexibility index (Phi) is 6.00. The number of rotatable bonds is 4. The second kappa shape index (κ2) is 9.48. The van der Waals surface area contributed by atoms with Crippen LogP contribution in [0.25, 0.3) is 0 Å². The average molecular weight is 588 g/mol. The molecule has 8 rings (SSSR count). The molecule has 0 N–H and O–H groups in total. The number of amides is 3. The molecule has 4 aliphatic rings. The van der Waals surface area contributed by atoms with E-state index in [1.165, 1.54) is 5.01 Å². The SMILES string of the molecule is O=C(c1ccc(Cl)cc1)N(Cc1ccc(Cl)cc1Cl)N1C(=O)[C@@H]2C3c4ccccc4C(c4ccccc43)[C@@H]2C1=O. The van der Waals surface area contributed by atoms with Gasteiger partial charge >= 0.3 is 0 Å². The maximum absolute atomic E-state index is 14.4. The van der Waals surface area contributed by atoms with E-state index in [0.29, 0.717) is 26.2 Å². The Bertz CT molecular complexity index is 1610. The number of hydrazine groups is 1. The maximum Gasteiger partial charge on any atom is 0.273 e. The molecule has 0 saturated carbocycles. The quantitative estimate of drug-likeness (QED) is 0.239. The molecule has 5 nitrogen and oxygen atoms in total. The summed E-state index contributed by atoms with van der Waals surface area (Å²) in [6, 6.07) is 27.3. The molecule has 4 aromatic carbocycles. The van der Waals surface area contributed by atoms with E-state index in [4.69, 9.17) is 34.8 Å². The van der Waals surface area contributed by atoms with Crippen LogP contribution in [0.4, 0.5) is 0 Å². The Labute approximate surface area is 245 Å². The van der Waals surface area contributed by atoms with Crippen molar-refractivity contribution in [1.29, 1.82) is 0 Å². The van der Waals surface area contributed by atoms with Gasteiger partial charge in [0, 0.05) is 32.5 Å². The summed E-state index contributed by atoms with van der Waals surface area (Å²) < 4.78 is 0. The van der Waals surface area contributed by atoms with Gasteiger partial charge in [0.15, 0.2) is 0 Å². The first-order valence-electron chi connectivity index (χ1n) is 12.9. The van der Waals surface area contributed by atoms with E-state index in [2.05, 4.69) is 0 Å². The number of nitrogens with zero attached hydrogens (tertiary/aromatic N) is 2. The molecule has 40 heavy (non-hydrogen) atoms. The zero-order chi connectivity index (χ0) is 27.7. The Morgan fingerprint density at radius 1 is 0.675 bits per heavy atom. The van der Waals surface area contributed by atoms with Crippen molar-refractivity contribution in [3.63, 3.8) is 0 Å². The van der Waals surface area contributed by atoms with E-state index in [-0.39, 0.29) is 30.2 Å². The van der Waals surface area contributed by atoms with Gasteiger partial charge in [-0.1, -0.05) is 89.4 Å². The highest BCUT2D eigenvalue weighted by molar-refractivity contribution is 6.35. The molecule has 2 atom stereocenters. The summed E-state index contributed by atoms with van der Waals surface area (Å²) >= 11 is 18.7. The zero-order valence-corrected chi connectivity index (χ0v) is 23.2. The second-order valence-corrected chi connectivity index (χ2v) is 11.6. The van der Waals surface area contributed by atoms with E-state index >= 15 is 0 Å². The lowest BCUT2D eigenvalue weighted by molar-refractivity contribution is -0.155. The summed E-state index contributed by atoms with van der Waals surface area (Å²) in [7, 11) is 0. The molecule has 0 aromatic heterocycles. The zero-order valence-electron chi connectivity index (χ0n) is 20.9. The first-order valence-corrected chi connectivity index (χ1v) is 14.0.